The summed E-state index contributed by atoms with van der Waals surface area (Å²) >= 11 is 0. The molecule has 0 radical (unpaired) electrons. The van der Waals surface area contributed by atoms with Crippen molar-refractivity contribution in [2.45, 2.75) is 108 Å². The summed E-state index contributed by atoms with van der Waals surface area (Å²) in [7, 11) is 0. The number of aliphatic hydroxyl groups is 5. The van der Waals surface area contributed by atoms with Crippen molar-refractivity contribution in [2.24, 2.45) is 0 Å². The Hall–Kier alpha value is -1.99. The second kappa shape index (κ2) is 12.9. The van der Waals surface area contributed by atoms with Gasteiger partial charge in [-0.3, -0.25) is 14.4 Å². The van der Waals surface area contributed by atoms with Crippen LogP contribution in [0.2, 0.25) is 0 Å². The van der Waals surface area contributed by atoms with Crippen molar-refractivity contribution in [3.63, 3.8) is 0 Å². The van der Waals surface area contributed by atoms with Gasteiger partial charge in [-0.25, -0.2) is 0 Å². The zero-order chi connectivity index (χ0) is 28.3. The van der Waals surface area contributed by atoms with E-state index < -0.39 is 97.8 Å². The average Bonchev–Trinajstić information content (AvgIpc) is 2.82. The van der Waals surface area contributed by atoms with Gasteiger partial charge in [-0.1, -0.05) is 0 Å². The van der Waals surface area contributed by atoms with E-state index in [9.17, 15) is 39.9 Å². The van der Waals surface area contributed by atoms with Crippen molar-refractivity contribution >= 4 is 17.9 Å². The first-order valence-electron chi connectivity index (χ1n) is 11.9. The number of esters is 3. The quantitative estimate of drug-likeness (QED) is 0.152. The Balaban J connectivity index is 1.82. The largest absolute Gasteiger partial charge is 0.456 e. The highest BCUT2D eigenvalue weighted by Crippen LogP contribution is 2.32. The van der Waals surface area contributed by atoms with Gasteiger partial charge >= 0.3 is 17.9 Å². The van der Waals surface area contributed by atoms with Gasteiger partial charge in [-0.05, 0) is 6.92 Å². The fourth-order valence-corrected chi connectivity index (χ4v) is 4.33. The highest BCUT2D eigenvalue weighted by molar-refractivity contribution is 5.68. The van der Waals surface area contributed by atoms with E-state index in [4.69, 9.17) is 37.9 Å². The molecule has 0 aliphatic carbocycles. The number of rotatable bonds is 7. The Morgan fingerprint density at radius 1 is 0.658 bits per heavy atom. The predicted octanol–water partition coefficient (Wildman–Crippen LogP) is -3.55. The molecular formula is C22H34O16. The monoisotopic (exact) mass is 554 g/mol. The lowest BCUT2D eigenvalue weighted by molar-refractivity contribution is -0.369. The molecule has 0 aromatic carbocycles. The third kappa shape index (κ3) is 7.15. The maximum Gasteiger partial charge on any atom is 0.303 e. The molecule has 3 saturated heterocycles. The minimum absolute atomic E-state index is 0.356. The van der Waals surface area contributed by atoms with Gasteiger partial charge in [0, 0.05) is 20.8 Å². The second-order valence-corrected chi connectivity index (χ2v) is 9.17. The maximum absolute atomic E-state index is 11.9. The minimum Gasteiger partial charge on any atom is -0.456 e. The van der Waals surface area contributed by atoms with Crippen molar-refractivity contribution in [3.8, 4) is 0 Å². The Morgan fingerprint density at radius 3 is 1.84 bits per heavy atom. The molecule has 0 aromatic rings. The van der Waals surface area contributed by atoms with E-state index in [1.165, 1.54) is 6.92 Å². The highest BCUT2D eigenvalue weighted by atomic mass is 16.8. The summed E-state index contributed by atoms with van der Waals surface area (Å²) in [6.45, 7) is 3.98. The maximum atomic E-state index is 11.9. The van der Waals surface area contributed by atoms with E-state index in [2.05, 4.69) is 0 Å². The third-order valence-corrected chi connectivity index (χ3v) is 6.12. The van der Waals surface area contributed by atoms with Gasteiger partial charge in [0.05, 0.1) is 19.3 Å². The number of hydrogen-bond acceptors (Lipinski definition) is 16. The normalized spacial score (nSPS) is 43.7. The third-order valence-electron chi connectivity index (χ3n) is 6.12. The van der Waals surface area contributed by atoms with Crippen molar-refractivity contribution in [1.29, 1.82) is 0 Å². The van der Waals surface area contributed by atoms with Crippen LogP contribution in [0, 0.1) is 0 Å². The average molecular weight is 554 g/mol. The van der Waals surface area contributed by atoms with Crippen LogP contribution in [0.5, 0.6) is 0 Å². The van der Waals surface area contributed by atoms with Gasteiger partial charge in [-0.15, -0.1) is 0 Å². The van der Waals surface area contributed by atoms with Crippen LogP contribution >= 0.6 is 0 Å². The van der Waals surface area contributed by atoms with Crippen molar-refractivity contribution < 1.29 is 77.8 Å². The van der Waals surface area contributed by atoms with Crippen LogP contribution in [0.15, 0.2) is 0 Å². The van der Waals surface area contributed by atoms with Crippen LogP contribution in [-0.4, -0.2) is 137 Å². The van der Waals surface area contributed by atoms with Crippen LogP contribution < -0.4 is 0 Å². The van der Waals surface area contributed by atoms with Gasteiger partial charge in [0.15, 0.2) is 37.2 Å². The standard InChI is InChI=1S/C22H34O16/c1-7-13(27)17(15(29)21(33-7)38-18-14(28)11(26)5-31-20(18)30)37-22-19(36-10(4)25)16(35-9(3)24)12(6-32-22)34-8(2)23/h7,11-22,26-30H,5-6H2,1-4H3/t7-,11+,12+,13-,14-,15+,16+,17+,18+,19+,20+,21-,22-/m0/s1. The first-order valence-corrected chi connectivity index (χ1v) is 11.9. The van der Waals surface area contributed by atoms with E-state index in [0.29, 0.717) is 0 Å². The molecule has 3 heterocycles. The van der Waals surface area contributed by atoms with Crippen molar-refractivity contribution in [3.05, 3.63) is 0 Å². The van der Waals surface area contributed by atoms with Gasteiger partial charge in [0.1, 0.15) is 36.6 Å². The molecule has 3 rings (SSSR count). The molecule has 218 valence electrons. The van der Waals surface area contributed by atoms with Gasteiger partial charge in [0.2, 0.25) is 0 Å². The second-order valence-electron chi connectivity index (χ2n) is 9.17. The van der Waals surface area contributed by atoms with Gasteiger partial charge < -0.3 is 63.4 Å². The molecule has 16 nitrogen and oxygen atoms in total. The Labute approximate surface area is 217 Å². The summed E-state index contributed by atoms with van der Waals surface area (Å²) in [6.07, 6.45) is -19.2. The van der Waals surface area contributed by atoms with E-state index in [0.717, 1.165) is 20.8 Å². The smallest absolute Gasteiger partial charge is 0.303 e. The highest BCUT2D eigenvalue weighted by Gasteiger charge is 2.53. The number of carbonyl (C=O) groups excluding carboxylic acids is 3. The molecular weight excluding hydrogens is 520 g/mol. The zero-order valence-electron chi connectivity index (χ0n) is 21.1. The summed E-state index contributed by atoms with van der Waals surface area (Å²) < 4.78 is 42.9. The first-order chi connectivity index (χ1) is 17.8. The Morgan fingerprint density at radius 2 is 1.24 bits per heavy atom. The Bertz CT molecular complexity index is 838. The zero-order valence-corrected chi connectivity index (χ0v) is 21.1. The lowest BCUT2D eigenvalue weighted by atomic mass is 9.98. The topological polar surface area (TPSA) is 226 Å². The lowest BCUT2D eigenvalue weighted by Crippen LogP contribution is -2.65. The van der Waals surface area contributed by atoms with E-state index >= 15 is 0 Å². The molecule has 16 heteroatoms. The molecule has 0 aromatic heterocycles. The molecule has 3 aliphatic rings. The Kier molecular flexibility index (Phi) is 10.4. The van der Waals surface area contributed by atoms with Crippen LogP contribution in [0.3, 0.4) is 0 Å². The number of carbonyl (C=O) groups is 3. The van der Waals surface area contributed by atoms with Crippen LogP contribution in [0.4, 0.5) is 0 Å². The molecule has 0 spiro atoms. The molecule has 38 heavy (non-hydrogen) atoms. The number of hydrogen-bond donors (Lipinski definition) is 5. The summed E-state index contributed by atoms with van der Waals surface area (Å²) in [4.78, 5) is 35.2. The molecule has 0 saturated carbocycles. The first kappa shape index (κ1) is 30.6. The number of aliphatic hydroxyl groups excluding tert-OH is 5. The van der Waals surface area contributed by atoms with E-state index in [1.807, 2.05) is 0 Å². The molecule has 13 atom stereocenters. The fourth-order valence-electron chi connectivity index (χ4n) is 4.33. The van der Waals surface area contributed by atoms with Gasteiger partial charge in [-0.2, -0.15) is 0 Å². The van der Waals surface area contributed by atoms with Crippen molar-refractivity contribution in [1.82, 2.24) is 0 Å². The van der Waals surface area contributed by atoms with Crippen LogP contribution in [0.25, 0.3) is 0 Å². The summed E-state index contributed by atoms with van der Waals surface area (Å²) in [5.41, 5.74) is 0. The van der Waals surface area contributed by atoms with Crippen molar-refractivity contribution in [2.75, 3.05) is 13.2 Å². The van der Waals surface area contributed by atoms with Crippen LogP contribution in [-0.2, 0) is 52.3 Å². The molecule has 3 fully saturated rings. The summed E-state index contributed by atoms with van der Waals surface area (Å²) in [5.74, 6) is -2.33. The van der Waals surface area contributed by atoms with E-state index in [-0.39, 0.29) is 13.2 Å². The lowest BCUT2D eigenvalue weighted by Gasteiger charge is -2.46. The molecule has 3 aliphatic heterocycles. The van der Waals surface area contributed by atoms with E-state index in [1.54, 1.807) is 0 Å². The summed E-state index contributed by atoms with van der Waals surface area (Å²) in [5, 5.41) is 51.7. The molecule has 0 amide bonds. The SMILES string of the molecule is CC(=O)O[C@H]1[C@H](O[C@@H]2[C@@H](O)[C@H](C)O[C@@H](O[C@@H]3[C@@H](O)[C@H](O)CO[C@H]3O)[C@@H]2O)OC[C@@H](OC(C)=O)[C@H]1OC(C)=O. The number of ether oxygens (including phenoxy) is 8. The summed E-state index contributed by atoms with van der Waals surface area (Å²) in [6, 6.07) is 0. The predicted molar refractivity (Wildman–Crippen MR) is 116 cm³/mol. The van der Waals surface area contributed by atoms with Gasteiger partial charge in [0.25, 0.3) is 0 Å². The fraction of sp³-hybridized carbons (Fsp3) is 0.864. The molecule has 0 bridgehead atoms. The van der Waals surface area contributed by atoms with Crippen LogP contribution in [0.1, 0.15) is 27.7 Å². The molecule has 0 unspecified atom stereocenters. The minimum atomic E-state index is -1.78. The molecule has 5 N–H and O–H groups in total.